The van der Waals surface area contributed by atoms with Crippen LogP contribution in [0.3, 0.4) is 0 Å². The minimum absolute atomic E-state index is 0.0589. The molecule has 0 radical (unpaired) electrons. The van der Waals surface area contributed by atoms with Crippen LogP contribution in [0.4, 0.5) is 22.0 Å². The Kier molecular flexibility index (Phi) is 6.07. The normalized spacial score (nSPS) is 21.1. The van der Waals surface area contributed by atoms with E-state index >= 15 is 0 Å². The molecule has 2 unspecified atom stereocenters. The summed E-state index contributed by atoms with van der Waals surface area (Å²) >= 11 is 0. The van der Waals surface area contributed by atoms with E-state index in [0.29, 0.717) is 12.8 Å². The van der Waals surface area contributed by atoms with Gasteiger partial charge in [0.05, 0.1) is 13.0 Å². The molecular formula is C16H18F5NO3. The molecule has 0 saturated heterocycles. The molecule has 1 N–H and O–H groups in total. The minimum atomic E-state index is -4.28. The molecule has 1 aromatic rings. The van der Waals surface area contributed by atoms with Crippen molar-refractivity contribution < 1.29 is 36.2 Å². The highest BCUT2D eigenvalue weighted by Gasteiger charge is 2.42. The molecule has 0 aliphatic heterocycles. The molecule has 2 atom stereocenters. The van der Waals surface area contributed by atoms with Gasteiger partial charge in [-0.25, -0.2) is 0 Å². The second-order valence-electron chi connectivity index (χ2n) is 5.82. The lowest BCUT2D eigenvalue weighted by Crippen LogP contribution is -2.41. The SMILES string of the molecule is COc1cc(C(=O)NC2CCCC(C(F)(F)F)C2)ccc1OC(F)F. The van der Waals surface area contributed by atoms with Crippen molar-refractivity contribution >= 4 is 5.91 Å². The Balaban J connectivity index is 2.05. The molecule has 1 saturated carbocycles. The van der Waals surface area contributed by atoms with Crippen LogP contribution < -0.4 is 14.8 Å². The van der Waals surface area contributed by atoms with Crippen LogP contribution in [0, 0.1) is 5.92 Å². The number of hydrogen-bond donors (Lipinski definition) is 1. The predicted molar refractivity (Wildman–Crippen MR) is 78.9 cm³/mol. The first-order chi connectivity index (χ1) is 11.7. The summed E-state index contributed by atoms with van der Waals surface area (Å²) < 4.78 is 72.2. The van der Waals surface area contributed by atoms with Crippen LogP contribution in [0.2, 0.25) is 0 Å². The average Bonchev–Trinajstić information content (AvgIpc) is 2.54. The van der Waals surface area contributed by atoms with E-state index in [4.69, 9.17) is 4.74 Å². The second-order valence-corrected chi connectivity index (χ2v) is 5.82. The zero-order chi connectivity index (χ0) is 18.6. The number of rotatable bonds is 5. The molecule has 4 nitrogen and oxygen atoms in total. The molecule has 0 bridgehead atoms. The molecule has 9 heteroatoms. The first-order valence-electron chi connectivity index (χ1n) is 7.71. The third kappa shape index (κ3) is 5.20. The fourth-order valence-electron chi connectivity index (χ4n) is 2.89. The van der Waals surface area contributed by atoms with E-state index in [2.05, 4.69) is 10.1 Å². The van der Waals surface area contributed by atoms with Crippen molar-refractivity contribution in [3.8, 4) is 11.5 Å². The van der Waals surface area contributed by atoms with Gasteiger partial charge in [0.25, 0.3) is 5.91 Å². The van der Waals surface area contributed by atoms with Gasteiger partial charge < -0.3 is 14.8 Å². The number of ether oxygens (including phenoxy) is 2. The highest BCUT2D eigenvalue weighted by Crippen LogP contribution is 2.37. The van der Waals surface area contributed by atoms with Crippen molar-refractivity contribution in [1.82, 2.24) is 5.32 Å². The number of amides is 1. The molecule has 1 aliphatic rings. The highest BCUT2D eigenvalue weighted by atomic mass is 19.4. The maximum Gasteiger partial charge on any atom is 0.391 e. The topological polar surface area (TPSA) is 47.6 Å². The van der Waals surface area contributed by atoms with Crippen LogP contribution >= 0.6 is 0 Å². The van der Waals surface area contributed by atoms with E-state index in [0.717, 1.165) is 6.07 Å². The zero-order valence-corrected chi connectivity index (χ0v) is 13.4. The monoisotopic (exact) mass is 367 g/mol. The second kappa shape index (κ2) is 7.88. The van der Waals surface area contributed by atoms with Crippen molar-refractivity contribution in [3.63, 3.8) is 0 Å². The van der Waals surface area contributed by atoms with E-state index in [9.17, 15) is 26.7 Å². The molecule has 1 amide bonds. The fourth-order valence-corrected chi connectivity index (χ4v) is 2.89. The third-order valence-corrected chi connectivity index (χ3v) is 4.11. The Morgan fingerprint density at radius 3 is 2.56 bits per heavy atom. The van der Waals surface area contributed by atoms with E-state index in [1.165, 1.54) is 19.2 Å². The van der Waals surface area contributed by atoms with Crippen molar-refractivity contribution in [2.24, 2.45) is 5.92 Å². The molecule has 2 rings (SSSR count). The summed E-state index contributed by atoms with van der Waals surface area (Å²) in [5, 5.41) is 2.57. The Hall–Kier alpha value is -2.06. The highest BCUT2D eigenvalue weighted by molar-refractivity contribution is 5.95. The Bertz CT molecular complexity index is 606. The first-order valence-corrected chi connectivity index (χ1v) is 7.71. The Morgan fingerprint density at radius 1 is 1.24 bits per heavy atom. The van der Waals surface area contributed by atoms with Gasteiger partial charge in [0.1, 0.15) is 0 Å². The van der Waals surface area contributed by atoms with Gasteiger partial charge in [-0.05, 0) is 37.5 Å². The quantitative estimate of drug-likeness (QED) is 0.796. The van der Waals surface area contributed by atoms with E-state index in [1.54, 1.807) is 0 Å². The van der Waals surface area contributed by atoms with Gasteiger partial charge >= 0.3 is 12.8 Å². The lowest BCUT2D eigenvalue weighted by molar-refractivity contribution is -0.183. The van der Waals surface area contributed by atoms with Crippen LogP contribution in [0.5, 0.6) is 11.5 Å². The number of alkyl halides is 5. The molecule has 0 heterocycles. The lowest BCUT2D eigenvalue weighted by atomic mass is 9.85. The van der Waals surface area contributed by atoms with Crippen molar-refractivity contribution in [2.45, 2.75) is 44.5 Å². The van der Waals surface area contributed by atoms with Crippen LogP contribution in [0.25, 0.3) is 0 Å². The molecule has 0 spiro atoms. The summed E-state index contributed by atoms with van der Waals surface area (Å²) in [6.45, 7) is -3.05. The van der Waals surface area contributed by atoms with Gasteiger partial charge in [-0.3, -0.25) is 4.79 Å². The van der Waals surface area contributed by atoms with Crippen LogP contribution in [0.15, 0.2) is 18.2 Å². The van der Waals surface area contributed by atoms with Gasteiger partial charge in [0, 0.05) is 11.6 Å². The van der Waals surface area contributed by atoms with Gasteiger partial charge in [0.2, 0.25) is 0 Å². The maximum absolute atomic E-state index is 12.8. The Labute approximate surface area is 141 Å². The van der Waals surface area contributed by atoms with Crippen molar-refractivity contribution in [2.75, 3.05) is 7.11 Å². The van der Waals surface area contributed by atoms with E-state index in [-0.39, 0.29) is 29.9 Å². The van der Waals surface area contributed by atoms with Crippen molar-refractivity contribution in [3.05, 3.63) is 23.8 Å². The summed E-state index contributed by atoms with van der Waals surface area (Å²) in [5.74, 6) is -2.31. The van der Waals surface area contributed by atoms with Gasteiger partial charge in [-0.1, -0.05) is 6.42 Å². The predicted octanol–water partition coefficient (Wildman–Crippen LogP) is 4.15. The van der Waals surface area contributed by atoms with Crippen LogP contribution in [0.1, 0.15) is 36.0 Å². The summed E-state index contributed by atoms with van der Waals surface area (Å²) in [7, 11) is 1.23. The summed E-state index contributed by atoms with van der Waals surface area (Å²) in [5.41, 5.74) is 0.0904. The number of halogens is 5. The lowest BCUT2D eigenvalue weighted by Gasteiger charge is -2.31. The molecule has 1 fully saturated rings. The number of methoxy groups -OCH3 is 1. The summed E-state index contributed by atoms with van der Waals surface area (Å²) in [4.78, 5) is 12.2. The average molecular weight is 367 g/mol. The molecule has 1 aliphatic carbocycles. The molecule has 1 aromatic carbocycles. The maximum atomic E-state index is 12.8. The molecule has 25 heavy (non-hydrogen) atoms. The number of carbonyl (C=O) groups excluding carboxylic acids is 1. The largest absolute Gasteiger partial charge is 0.493 e. The van der Waals surface area contributed by atoms with Gasteiger partial charge in [0.15, 0.2) is 11.5 Å². The van der Waals surface area contributed by atoms with E-state index in [1.807, 2.05) is 0 Å². The zero-order valence-electron chi connectivity index (χ0n) is 13.4. The number of nitrogens with one attached hydrogen (secondary N) is 1. The van der Waals surface area contributed by atoms with Crippen LogP contribution in [-0.4, -0.2) is 31.8 Å². The van der Waals surface area contributed by atoms with E-state index < -0.39 is 30.7 Å². The molecular weight excluding hydrogens is 349 g/mol. The third-order valence-electron chi connectivity index (χ3n) is 4.11. The summed E-state index contributed by atoms with van der Waals surface area (Å²) in [6, 6.07) is 3.02. The molecule has 140 valence electrons. The first kappa shape index (κ1) is 19.3. The fraction of sp³-hybridized carbons (Fsp3) is 0.562. The minimum Gasteiger partial charge on any atom is -0.493 e. The molecule has 0 aromatic heterocycles. The van der Waals surface area contributed by atoms with Crippen molar-refractivity contribution in [1.29, 1.82) is 0 Å². The number of benzene rings is 1. The van der Waals surface area contributed by atoms with Gasteiger partial charge in [-0.15, -0.1) is 0 Å². The standard InChI is InChI=1S/C16H18F5NO3/c1-24-13-7-9(5-6-12(13)25-15(17)18)14(23)22-11-4-2-3-10(8-11)16(19,20)21/h5-7,10-11,15H,2-4,8H2,1H3,(H,22,23). The number of hydrogen-bond acceptors (Lipinski definition) is 3. The van der Waals surface area contributed by atoms with Gasteiger partial charge in [-0.2, -0.15) is 22.0 Å². The smallest absolute Gasteiger partial charge is 0.391 e. The summed E-state index contributed by atoms with van der Waals surface area (Å²) in [6.07, 6.45) is -3.55. The Morgan fingerprint density at radius 2 is 1.96 bits per heavy atom. The van der Waals surface area contributed by atoms with Crippen LogP contribution in [-0.2, 0) is 0 Å². The number of carbonyl (C=O) groups is 1.